The molecule has 0 saturated carbocycles. The lowest BCUT2D eigenvalue weighted by molar-refractivity contribution is 0.474. The van der Waals surface area contributed by atoms with Gasteiger partial charge in [0, 0.05) is 21.5 Å². The van der Waals surface area contributed by atoms with Crippen molar-refractivity contribution in [1.82, 2.24) is 0 Å². The van der Waals surface area contributed by atoms with Crippen LogP contribution in [0.15, 0.2) is 51.8 Å². The first-order chi connectivity index (χ1) is 8.74. The molecule has 0 bridgehead atoms. The second kappa shape index (κ2) is 6.27. The van der Waals surface area contributed by atoms with Crippen LogP contribution >= 0.6 is 27.7 Å². The van der Waals surface area contributed by atoms with Crippen LogP contribution in [-0.4, -0.2) is 6.26 Å². The summed E-state index contributed by atoms with van der Waals surface area (Å²) in [5.74, 6) is 1.64. The highest BCUT2D eigenvalue weighted by atomic mass is 79.9. The van der Waals surface area contributed by atoms with Crippen LogP contribution in [0.3, 0.4) is 0 Å². The minimum atomic E-state index is 0.475. The highest BCUT2D eigenvalue weighted by molar-refractivity contribution is 9.10. The van der Waals surface area contributed by atoms with Gasteiger partial charge in [-0.3, -0.25) is 0 Å². The standard InChI is InChI=1S/C14H14BrNOS/c1-18-14-4-2-3-13(12(14)9-16)17-11-7-5-10(15)6-8-11/h2-8H,9,16H2,1H3. The molecule has 0 saturated heterocycles. The van der Waals surface area contributed by atoms with E-state index in [0.717, 1.165) is 26.4 Å². The molecule has 0 aliphatic rings. The minimum absolute atomic E-state index is 0.475. The van der Waals surface area contributed by atoms with Gasteiger partial charge < -0.3 is 10.5 Å². The summed E-state index contributed by atoms with van der Waals surface area (Å²) in [7, 11) is 0. The molecule has 2 N–H and O–H groups in total. The number of hydrogen-bond acceptors (Lipinski definition) is 3. The van der Waals surface area contributed by atoms with Crippen molar-refractivity contribution < 1.29 is 4.74 Å². The molecule has 2 aromatic rings. The summed E-state index contributed by atoms with van der Waals surface area (Å²) in [6.45, 7) is 0.475. The first-order valence-electron chi connectivity index (χ1n) is 5.54. The van der Waals surface area contributed by atoms with Crippen LogP contribution in [0, 0.1) is 0 Å². The summed E-state index contributed by atoms with van der Waals surface area (Å²) in [5.41, 5.74) is 6.85. The minimum Gasteiger partial charge on any atom is -0.457 e. The lowest BCUT2D eigenvalue weighted by Gasteiger charge is -2.13. The van der Waals surface area contributed by atoms with Gasteiger partial charge in [0.05, 0.1) is 0 Å². The molecule has 2 aromatic carbocycles. The van der Waals surface area contributed by atoms with Crippen LogP contribution in [0.2, 0.25) is 0 Å². The Morgan fingerprint density at radius 2 is 1.89 bits per heavy atom. The van der Waals surface area contributed by atoms with Crippen molar-refractivity contribution in [2.24, 2.45) is 5.73 Å². The third kappa shape index (κ3) is 3.07. The normalized spacial score (nSPS) is 10.4. The van der Waals surface area contributed by atoms with Gasteiger partial charge in [0.15, 0.2) is 0 Å². The number of thioether (sulfide) groups is 1. The Morgan fingerprint density at radius 3 is 2.50 bits per heavy atom. The Morgan fingerprint density at radius 1 is 1.17 bits per heavy atom. The molecule has 0 aromatic heterocycles. The third-order valence-electron chi connectivity index (χ3n) is 2.56. The highest BCUT2D eigenvalue weighted by Gasteiger charge is 2.08. The van der Waals surface area contributed by atoms with E-state index in [2.05, 4.69) is 22.0 Å². The number of nitrogens with two attached hydrogens (primary N) is 1. The molecule has 0 atom stereocenters. The molecule has 0 heterocycles. The smallest absolute Gasteiger partial charge is 0.133 e. The van der Waals surface area contributed by atoms with Crippen LogP contribution in [0.1, 0.15) is 5.56 Å². The van der Waals surface area contributed by atoms with Crippen molar-refractivity contribution in [1.29, 1.82) is 0 Å². The maximum atomic E-state index is 5.88. The zero-order chi connectivity index (χ0) is 13.0. The van der Waals surface area contributed by atoms with E-state index in [0.29, 0.717) is 6.54 Å². The van der Waals surface area contributed by atoms with Gasteiger partial charge in [0.2, 0.25) is 0 Å². The summed E-state index contributed by atoms with van der Waals surface area (Å²) in [5, 5.41) is 0. The Balaban J connectivity index is 2.31. The predicted molar refractivity (Wildman–Crippen MR) is 80.3 cm³/mol. The Hall–Kier alpha value is -0.970. The van der Waals surface area contributed by atoms with E-state index >= 15 is 0 Å². The first-order valence-corrected chi connectivity index (χ1v) is 7.55. The molecule has 0 unspecified atom stereocenters. The van der Waals surface area contributed by atoms with Crippen molar-refractivity contribution in [3.05, 3.63) is 52.5 Å². The summed E-state index contributed by atoms with van der Waals surface area (Å²) >= 11 is 5.08. The number of hydrogen-bond donors (Lipinski definition) is 1. The van der Waals surface area contributed by atoms with Crippen molar-refractivity contribution in [2.75, 3.05) is 6.26 Å². The Kier molecular flexibility index (Phi) is 4.69. The molecular formula is C14H14BrNOS. The molecule has 94 valence electrons. The van der Waals surface area contributed by atoms with Crippen LogP contribution in [0.4, 0.5) is 0 Å². The summed E-state index contributed by atoms with van der Waals surface area (Å²) in [6.07, 6.45) is 2.04. The fourth-order valence-corrected chi connectivity index (χ4v) is 2.57. The molecule has 4 heteroatoms. The van der Waals surface area contributed by atoms with Gasteiger partial charge in [-0.15, -0.1) is 11.8 Å². The van der Waals surface area contributed by atoms with E-state index in [-0.39, 0.29) is 0 Å². The molecule has 2 rings (SSSR count). The molecular weight excluding hydrogens is 310 g/mol. The zero-order valence-electron chi connectivity index (χ0n) is 10.0. The average Bonchev–Trinajstić information content (AvgIpc) is 2.41. The molecule has 0 amide bonds. The van der Waals surface area contributed by atoms with Crippen LogP contribution in [-0.2, 0) is 6.54 Å². The summed E-state index contributed by atoms with van der Waals surface area (Å²) in [4.78, 5) is 1.16. The van der Waals surface area contributed by atoms with Gasteiger partial charge in [0.25, 0.3) is 0 Å². The molecule has 0 fully saturated rings. The van der Waals surface area contributed by atoms with Gasteiger partial charge in [-0.25, -0.2) is 0 Å². The molecule has 0 radical (unpaired) electrons. The quantitative estimate of drug-likeness (QED) is 0.846. The Bertz CT molecular complexity index is 528. The SMILES string of the molecule is CSc1cccc(Oc2ccc(Br)cc2)c1CN. The Labute approximate surface area is 120 Å². The van der Waals surface area contributed by atoms with Gasteiger partial charge in [-0.1, -0.05) is 22.0 Å². The van der Waals surface area contributed by atoms with Gasteiger partial charge in [-0.05, 0) is 42.7 Å². The maximum absolute atomic E-state index is 5.88. The molecule has 0 spiro atoms. The molecule has 18 heavy (non-hydrogen) atoms. The topological polar surface area (TPSA) is 35.2 Å². The number of ether oxygens (including phenoxy) is 1. The monoisotopic (exact) mass is 323 g/mol. The largest absolute Gasteiger partial charge is 0.457 e. The van der Waals surface area contributed by atoms with E-state index in [4.69, 9.17) is 10.5 Å². The van der Waals surface area contributed by atoms with Gasteiger partial charge in [-0.2, -0.15) is 0 Å². The molecule has 2 nitrogen and oxygen atoms in total. The highest BCUT2D eigenvalue weighted by Crippen LogP contribution is 2.32. The van der Waals surface area contributed by atoms with Crippen molar-refractivity contribution in [3.63, 3.8) is 0 Å². The lowest BCUT2D eigenvalue weighted by Crippen LogP contribution is -2.01. The second-order valence-corrected chi connectivity index (χ2v) is 5.46. The van der Waals surface area contributed by atoms with E-state index in [1.165, 1.54) is 0 Å². The second-order valence-electron chi connectivity index (χ2n) is 3.70. The average molecular weight is 324 g/mol. The summed E-state index contributed by atoms with van der Waals surface area (Å²) in [6, 6.07) is 13.8. The summed E-state index contributed by atoms with van der Waals surface area (Å²) < 4.78 is 6.92. The van der Waals surface area contributed by atoms with Crippen LogP contribution in [0.5, 0.6) is 11.5 Å². The molecule has 0 aliphatic carbocycles. The first kappa shape index (κ1) is 13.5. The fourth-order valence-electron chi connectivity index (χ4n) is 1.66. The fraction of sp³-hybridized carbons (Fsp3) is 0.143. The maximum Gasteiger partial charge on any atom is 0.133 e. The third-order valence-corrected chi connectivity index (χ3v) is 3.91. The van der Waals surface area contributed by atoms with E-state index in [1.807, 2.05) is 42.7 Å². The zero-order valence-corrected chi connectivity index (χ0v) is 12.4. The van der Waals surface area contributed by atoms with Crippen LogP contribution < -0.4 is 10.5 Å². The van der Waals surface area contributed by atoms with E-state index in [9.17, 15) is 0 Å². The van der Waals surface area contributed by atoms with Crippen molar-refractivity contribution >= 4 is 27.7 Å². The number of rotatable bonds is 4. The molecule has 0 aliphatic heterocycles. The lowest BCUT2D eigenvalue weighted by atomic mass is 10.2. The number of benzene rings is 2. The van der Waals surface area contributed by atoms with E-state index in [1.54, 1.807) is 11.8 Å². The van der Waals surface area contributed by atoms with Gasteiger partial charge in [0.1, 0.15) is 11.5 Å². The number of halogens is 1. The predicted octanol–water partition coefficient (Wildman–Crippen LogP) is 4.42. The van der Waals surface area contributed by atoms with Crippen molar-refractivity contribution in [2.45, 2.75) is 11.4 Å². The van der Waals surface area contributed by atoms with Crippen LogP contribution in [0.25, 0.3) is 0 Å². The van der Waals surface area contributed by atoms with E-state index < -0.39 is 0 Å². The van der Waals surface area contributed by atoms with Gasteiger partial charge >= 0.3 is 0 Å². The van der Waals surface area contributed by atoms with Crippen molar-refractivity contribution in [3.8, 4) is 11.5 Å².